The van der Waals surface area contributed by atoms with Crippen molar-refractivity contribution in [1.82, 2.24) is 4.98 Å². The molecule has 0 aliphatic carbocycles. The maximum absolute atomic E-state index is 7.29. The summed E-state index contributed by atoms with van der Waals surface area (Å²) in [6.07, 6.45) is 1.53. The third-order valence-corrected chi connectivity index (χ3v) is 2.82. The zero-order chi connectivity index (χ0) is 13.1. The van der Waals surface area contributed by atoms with E-state index in [0.29, 0.717) is 11.4 Å². The van der Waals surface area contributed by atoms with Gasteiger partial charge in [0, 0.05) is 17.8 Å². The molecule has 0 saturated carbocycles. The Hall–Kier alpha value is -2.36. The highest BCUT2D eigenvalue weighted by Gasteiger charge is 2.04. The maximum atomic E-state index is 7.29. The van der Waals surface area contributed by atoms with E-state index >= 15 is 0 Å². The Morgan fingerprint density at radius 1 is 1.22 bits per heavy atom. The van der Waals surface area contributed by atoms with Gasteiger partial charge in [-0.3, -0.25) is 5.41 Å². The Morgan fingerprint density at radius 2 is 2.00 bits per heavy atom. The Bertz CT molecular complexity index is 576. The van der Waals surface area contributed by atoms with Crippen LogP contribution in [0.5, 0.6) is 11.6 Å². The summed E-state index contributed by atoms with van der Waals surface area (Å²) in [5, 5.41) is 7.29. The van der Waals surface area contributed by atoms with Gasteiger partial charge in [-0.05, 0) is 37.1 Å². The minimum Gasteiger partial charge on any atom is -0.439 e. The van der Waals surface area contributed by atoms with Crippen molar-refractivity contribution in [1.29, 1.82) is 5.41 Å². The summed E-state index contributed by atoms with van der Waals surface area (Å²) in [4.78, 5) is 4.12. The van der Waals surface area contributed by atoms with Gasteiger partial charge in [0.25, 0.3) is 0 Å². The van der Waals surface area contributed by atoms with Gasteiger partial charge in [-0.2, -0.15) is 0 Å². The monoisotopic (exact) mass is 241 g/mol. The smallest absolute Gasteiger partial charge is 0.219 e. The highest BCUT2D eigenvalue weighted by atomic mass is 16.5. The highest BCUT2D eigenvalue weighted by molar-refractivity contribution is 5.94. The molecule has 2 aromatic rings. The van der Waals surface area contributed by atoms with Gasteiger partial charge in [-0.15, -0.1) is 0 Å². The average Bonchev–Trinajstić information content (AvgIpc) is 2.36. The van der Waals surface area contributed by atoms with Crippen LogP contribution in [0, 0.1) is 19.3 Å². The number of benzene rings is 1. The summed E-state index contributed by atoms with van der Waals surface area (Å²) in [6, 6.07) is 9.31. The summed E-state index contributed by atoms with van der Waals surface area (Å²) < 4.78 is 5.70. The zero-order valence-corrected chi connectivity index (χ0v) is 10.4. The van der Waals surface area contributed by atoms with Gasteiger partial charge in [0.05, 0.1) is 0 Å². The maximum Gasteiger partial charge on any atom is 0.219 e. The average molecular weight is 241 g/mol. The van der Waals surface area contributed by atoms with E-state index in [9.17, 15) is 0 Å². The van der Waals surface area contributed by atoms with Crippen LogP contribution in [0.4, 0.5) is 0 Å². The third kappa shape index (κ3) is 2.48. The molecule has 0 unspecified atom stereocenters. The molecule has 0 bridgehead atoms. The van der Waals surface area contributed by atoms with E-state index in [1.807, 2.05) is 32.0 Å². The number of ether oxygens (including phenoxy) is 1. The predicted octanol–water partition coefficient (Wildman–Crippen LogP) is 2.77. The Kier molecular flexibility index (Phi) is 3.28. The number of aromatic nitrogens is 1. The molecule has 0 saturated heterocycles. The van der Waals surface area contributed by atoms with Gasteiger partial charge in [-0.25, -0.2) is 4.98 Å². The fraction of sp³-hybridized carbons (Fsp3) is 0.143. The van der Waals surface area contributed by atoms with Crippen LogP contribution in [-0.2, 0) is 0 Å². The van der Waals surface area contributed by atoms with E-state index in [0.717, 1.165) is 11.3 Å². The zero-order valence-electron chi connectivity index (χ0n) is 10.4. The van der Waals surface area contributed by atoms with Gasteiger partial charge < -0.3 is 10.5 Å². The molecule has 1 aromatic heterocycles. The van der Waals surface area contributed by atoms with Crippen molar-refractivity contribution in [2.45, 2.75) is 13.8 Å². The first-order valence-electron chi connectivity index (χ1n) is 5.62. The normalized spacial score (nSPS) is 10.1. The first kappa shape index (κ1) is 12.1. The van der Waals surface area contributed by atoms with Crippen LogP contribution < -0.4 is 10.5 Å². The molecule has 1 heterocycles. The molecule has 4 nitrogen and oxygen atoms in total. The van der Waals surface area contributed by atoms with E-state index in [2.05, 4.69) is 4.98 Å². The fourth-order valence-corrected chi connectivity index (χ4v) is 1.55. The van der Waals surface area contributed by atoms with Gasteiger partial charge in [0.15, 0.2) is 0 Å². The van der Waals surface area contributed by atoms with Crippen molar-refractivity contribution >= 4 is 5.84 Å². The highest BCUT2D eigenvalue weighted by Crippen LogP contribution is 2.25. The van der Waals surface area contributed by atoms with E-state index in [-0.39, 0.29) is 5.84 Å². The first-order valence-corrected chi connectivity index (χ1v) is 5.62. The molecule has 18 heavy (non-hydrogen) atoms. The standard InChI is InChI=1S/C14H15N3O/c1-9-4-3-5-12(10(9)2)18-13-7-6-11(8-17-13)14(15)16/h3-8H,1-2H3,(H3,15,16). The van der Waals surface area contributed by atoms with Crippen molar-refractivity contribution in [3.05, 3.63) is 53.2 Å². The molecule has 4 heteroatoms. The third-order valence-electron chi connectivity index (χ3n) is 2.82. The number of nitrogen functional groups attached to an aromatic ring is 1. The second-order valence-electron chi connectivity index (χ2n) is 4.10. The minimum absolute atomic E-state index is 0.000728. The summed E-state index contributed by atoms with van der Waals surface area (Å²) in [7, 11) is 0. The second kappa shape index (κ2) is 4.87. The minimum atomic E-state index is 0.000728. The van der Waals surface area contributed by atoms with E-state index in [1.54, 1.807) is 12.1 Å². The van der Waals surface area contributed by atoms with Crippen molar-refractivity contribution in [2.24, 2.45) is 5.73 Å². The molecule has 0 atom stereocenters. The number of nitrogens with two attached hydrogens (primary N) is 1. The van der Waals surface area contributed by atoms with Crippen molar-refractivity contribution in [3.8, 4) is 11.6 Å². The number of rotatable bonds is 3. The van der Waals surface area contributed by atoms with Crippen LogP contribution in [0.3, 0.4) is 0 Å². The lowest BCUT2D eigenvalue weighted by atomic mass is 10.1. The van der Waals surface area contributed by atoms with E-state index < -0.39 is 0 Å². The number of amidine groups is 1. The predicted molar refractivity (Wildman–Crippen MR) is 71.2 cm³/mol. The lowest BCUT2D eigenvalue weighted by Gasteiger charge is -2.09. The molecular formula is C14H15N3O. The van der Waals surface area contributed by atoms with Crippen molar-refractivity contribution < 1.29 is 4.74 Å². The SMILES string of the molecule is Cc1cccc(Oc2ccc(C(=N)N)cn2)c1C. The topological polar surface area (TPSA) is 72.0 Å². The molecule has 0 fully saturated rings. The number of pyridine rings is 1. The lowest BCUT2D eigenvalue weighted by molar-refractivity contribution is 0.459. The Morgan fingerprint density at radius 3 is 2.61 bits per heavy atom. The quantitative estimate of drug-likeness (QED) is 0.641. The number of nitrogens with one attached hydrogen (secondary N) is 1. The molecule has 0 aliphatic heterocycles. The number of aryl methyl sites for hydroxylation is 1. The van der Waals surface area contributed by atoms with E-state index in [1.165, 1.54) is 11.8 Å². The Balaban J connectivity index is 2.24. The van der Waals surface area contributed by atoms with Gasteiger partial charge in [0.1, 0.15) is 11.6 Å². The molecule has 92 valence electrons. The lowest BCUT2D eigenvalue weighted by Crippen LogP contribution is -2.11. The van der Waals surface area contributed by atoms with Gasteiger partial charge >= 0.3 is 0 Å². The molecule has 2 rings (SSSR count). The van der Waals surface area contributed by atoms with Crippen LogP contribution in [0.25, 0.3) is 0 Å². The fourth-order valence-electron chi connectivity index (χ4n) is 1.55. The van der Waals surface area contributed by atoms with Gasteiger partial charge in [-0.1, -0.05) is 12.1 Å². The molecule has 0 spiro atoms. The van der Waals surface area contributed by atoms with E-state index in [4.69, 9.17) is 15.9 Å². The second-order valence-corrected chi connectivity index (χ2v) is 4.10. The summed E-state index contributed by atoms with van der Waals surface area (Å²) >= 11 is 0. The summed E-state index contributed by atoms with van der Waals surface area (Å²) in [6.45, 7) is 4.04. The number of hydrogen-bond donors (Lipinski definition) is 2. The summed E-state index contributed by atoms with van der Waals surface area (Å²) in [5.74, 6) is 1.28. The molecule has 0 radical (unpaired) electrons. The molecule has 0 aliphatic rings. The number of nitrogens with zero attached hydrogens (tertiary/aromatic N) is 1. The van der Waals surface area contributed by atoms with Crippen molar-refractivity contribution in [3.63, 3.8) is 0 Å². The van der Waals surface area contributed by atoms with Crippen LogP contribution in [0.1, 0.15) is 16.7 Å². The van der Waals surface area contributed by atoms with Crippen LogP contribution >= 0.6 is 0 Å². The van der Waals surface area contributed by atoms with Crippen LogP contribution in [0.2, 0.25) is 0 Å². The van der Waals surface area contributed by atoms with Gasteiger partial charge in [0.2, 0.25) is 5.88 Å². The summed E-state index contributed by atoms with van der Waals surface area (Å²) in [5.41, 5.74) is 8.22. The first-order chi connectivity index (χ1) is 8.58. The Labute approximate surface area is 106 Å². The molecule has 0 amide bonds. The van der Waals surface area contributed by atoms with Crippen molar-refractivity contribution in [2.75, 3.05) is 0 Å². The van der Waals surface area contributed by atoms with Crippen LogP contribution in [-0.4, -0.2) is 10.8 Å². The molecule has 1 aromatic carbocycles. The van der Waals surface area contributed by atoms with Crippen LogP contribution in [0.15, 0.2) is 36.5 Å². The largest absolute Gasteiger partial charge is 0.439 e. The molecule has 3 N–H and O–H groups in total. The molecular weight excluding hydrogens is 226 g/mol. The number of hydrogen-bond acceptors (Lipinski definition) is 3.